The molecule has 2 heterocycles. The first kappa shape index (κ1) is 20.5. The minimum atomic E-state index is -0.463. The molecule has 31 heavy (non-hydrogen) atoms. The first-order chi connectivity index (χ1) is 15.1. The smallest absolute Gasteiger partial charge is 0.251 e. The monoisotopic (exact) mass is 419 g/mol. The zero-order valence-corrected chi connectivity index (χ0v) is 16.9. The van der Waals surface area contributed by atoms with Crippen molar-refractivity contribution in [2.45, 2.75) is 19.5 Å². The van der Waals surface area contributed by atoms with Crippen molar-refractivity contribution in [3.8, 4) is 0 Å². The van der Waals surface area contributed by atoms with E-state index in [0.717, 1.165) is 11.4 Å². The molecule has 158 valence electrons. The molecule has 0 unspecified atom stereocenters. The summed E-state index contributed by atoms with van der Waals surface area (Å²) in [5, 5.41) is 11.1. The summed E-state index contributed by atoms with van der Waals surface area (Å²) < 4.78 is 15.3. The lowest BCUT2D eigenvalue weighted by Gasteiger charge is -2.18. The minimum Gasteiger partial charge on any atom is -0.345 e. The highest BCUT2D eigenvalue weighted by Crippen LogP contribution is 2.11. The van der Waals surface area contributed by atoms with Gasteiger partial charge in [0.05, 0.1) is 6.54 Å². The highest BCUT2D eigenvalue weighted by molar-refractivity contribution is 5.94. The van der Waals surface area contributed by atoms with Gasteiger partial charge in [-0.05, 0) is 29.8 Å². The molecule has 0 saturated heterocycles. The normalized spacial score (nSPS) is 13.6. The Morgan fingerprint density at radius 3 is 2.68 bits per heavy atom. The number of hydrogen-bond donors (Lipinski definition) is 1. The Kier molecular flexibility index (Phi) is 6.16. The van der Waals surface area contributed by atoms with Gasteiger partial charge >= 0.3 is 0 Å². The Bertz CT molecular complexity index is 1110. The van der Waals surface area contributed by atoms with Gasteiger partial charge in [-0.1, -0.05) is 36.4 Å². The van der Waals surface area contributed by atoms with Crippen LogP contribution in [0.3, 0.4) is 0 Å². The summed E-state index contributed by atoms with van der Waals surface area (Å²) in [6.45, 7) is 1.78. The Balaban J connectivity index is 1.36. The SMILES string of the molecule is O=C(NCc1nnc2n1CCN(C(=O)/C=C/c1ccccc1)CC2)c1cccc(F)c1. The minimum absolute atomic E-state index is 0.0523. The van der Waals surface area contributed by atoms with E-state index in [1.54, 1.807) is 23.1 Å². The molecule has 1 aromatic heterocycles. The van der Waals surface area contributed by atoms with E-state index >= 15 is 0 Å². The van der Waals surface area contributed by atoms with Gasteiger partial charge in [0.1, 0.15) is 11.6 Å². The molecule has 0 radical (unpaired) electrons. The summed E-state index contributed by atoms with van der Waals surface area (Å²) >= 11 is 0. The molecule has 4 rings (SSSR count). The van der Waals surface area contributed by atoms with Gasteiger partial charge < -0.3 is 14.8 Å². The van der Waals surface area contributed by atoms with E-state index in [9.17, 15) is 14.0 Å². The molecule has 1 N–H and O–H groups in total. The molecule has 8 heteroatoms. The fourth-order valence-electron chi connectivity index (χ4n) is 3.46. The fraction of sp³-hybridized carbons (Fsp3) is 0.217. The summed E-state index contributed by atoms with van der Waals surface area (Å²) in [5.74, 6) is 0.484. The highest BCUT2D eigenvalue weighted by atomic mass is 19.1. The average molecular weight is 419 g/mol. The number of amides is 2. The third-order valence-electron chi connectivity index (χ3n) is 5.13. The van der Waals surface area contributed by atoms with Crippen molar-refractivity contribution in [3.63, 3.8) is 0 Å². The van der Waals surface area contributed by atoms with Crippen LogP contribution in [0.1, 0.15) is 27.6 Å². The van der Waals surface area contributed by atoms with Crippen LogP contribution < -0.4 is 5.32 Å². The number of hydrogen-bond acceptors (Lipinski definition) is 4. The van der Waals surface area contributed by atoms with E-state index in [1.165, 1.54) is 18.2 Å². The average Bonchev–Trinajstić information content (AvgIpc) is 3.05. The molecule has 0 fully saturated rings. The van der Waals surface area contributed by atoms with Gasteiger partial charge in [0, 0.05) is 37.7 Å². The number of fused-ring (bicyclic) bond motifs is 1. The van der Waals surface area contributed by atoms with Crippen LogP contribution in [0.25, 0.3) is 6.08 Å². The van der Waals surface area contributed by atoms with Gasteiger partial charge in [-0.2, -0.15) is 0 Å². The lowest BCUT2D eigenvalue weighted by molar-refractivity contribution is -0.125. The van der Waals surface area contributed by atoms with E-state index in [0.29, 0.717) is 31.9 Å². The first-order valence-electron chi connectivity index (χ1n) is 10.1. The molecule has 0 aliphatic carbocycles. The van der Waals surface area contributed by atoms with Crippen LogP contribution >= 0.6 is 0 Å². The van der Waals surface area contributed by atoms with Crippen LogP contribution in [-0.4, -0.2) is 44.6 Å². The number of carbonyl (C=O) groups excluding carboxylic acids is 2. The van der Waals surface area contributed by atoms with Crippen molar-refractivity contribution in [3.05, 3.63) is 89.3 Å². The third kappa shape index (κ3) is 5.03. The van der Waals surface area contributed by atoms with E-state index in [2.05, 4.69) is 15.5 Å². The third-order valence-corrected chi connectivity index (χ3v) is 5.13. The molecule has 3 aromatic rings. The molecule has 0 spiro atoms. The van der Waals surface area contributed by atoms with Gasteiger partial charge in [-0.3, -0.25) is 9.59 Å². The Labute approximate surface area is 179 Å². The zero-order valence-electron chi connectivity index (χ0n) is 16.9. The van der Waals surface area contributed by atoms with Gasteiger partial charge in [0.15, 0.2) is 5.82 Å². The van der Waals surface area contributed by atoms with Crippen LogP contribution in [-0.2, 0) is 24.3 Å². The summed E-state index contributed by atoms with van der Waals surface area (Å²) in [6.07, 6.45) is 3.97. The lowest BCUT2D eigenvalue weighted by Crippen LogP contribution is -2.32. The van der Waals surface area contributed by atoms with E-state index < -0.39 is 5.82 Å². The summed E-state index contributed by atoms with van der Waals surface area (Å²) in [6, 6.07) is 15.2. The summed E-state index contributed by atoms with van der Waals surface area (Å²) in [4.78, 5) is 26.6. The summed E-state index contributed by atoms with van der Waals surface area (Å²) in [7, 11) is 0. The second-order valence-electron chi connectivity index (χ2n) is 7.20. The predicted octanol–water partition coefficient (Wildman–Crippen LogP) is 2.45. The van der Waals surface area contributed by atoms with E-state index in [1.807, 2.05) is 34.9 Å². The Morgan fingerprint density at radius 1 is 1.03 bits per heavy atom. The number of rotatable bonds is 5. The van der Waals surface area contributed by atoms with E-state index in [-0.39, 0.29) is 23.9 Å². The molecular formula is C23H22FN5O2. The summed E-state index contributed by atoms with van der Waals surface area (Å²) in [5.41, 5.74) is 1.22. The number of nitrogens with zero attached hydrogens (tertiary/aromatic N) is 4. The van der Waals surface area contributed by atoms with Crippen LogP contribution in [0.4, 0.5) is 4.39 Å². The number of carbonyl (C=O) groups is 2. The van der Waals surface area contributed by atoms with E-state index in [4.69, 9.17) is 0 Å². The maximum atomic E-state index is 13.3. The molecule has 1 aliphatic heterocycles. The molecule has 7 nitrogen and oxygen atoms in total. The second kappa shape index (κ2) is 9.34. The molecule has 1 aliphatic rings. The van der Waals surface area contributed by atoms with Crippen molar-refractivity contribution in [2.75, 3.05) is 13.1 Å². The largest absolute Gasteiger partial charge is 0.345 e. The first-order valence-corrected chi connectivity index (χ1v) is 10.1. The van der Waals surface area contributed by atoms with Gasteiger partial charge in [-0.15, -0.1) is 10.2 Å². The Morgan fingerprint density at radius 2 is 1.87 bits per heavy atom. The Hall–Kier alpha value is -3.81. The van der Waals surface area contributed by atoms with Crippen molar-refractivity contribution in [1.29, 1.82) is 0 Å². The van der Waals surface area contributed by atoms with Crippen LogP contribution in [0.5, 0.6) is 0 Å². The maximum Gasteiger partial charge on any atom is 0.251 e. The van der Waals surface area contributed by atoms with Gasteiger partial charge in [0.25, 0.3) is 5.91 Å². The molecule has 0 saturated carbocycles. The zero-order chi connectivity index (χ0) is 21.6. The molecule has 0 atom stereocenters. The molecule has 0 bridgehead atoms. The molecule has 2 amide bonds. The highest BCUT2D eigenvalue weighted by Gasteiger charge is 2.21. The molecular weight excluding hydrogens is 397 g/mol. The number of halogens is 1. The number of nitrogens with one attached hydrogen (secondary N) is 1. The number of benzene rings is 2. The topological polar surface area (TPSA) is 80.1 Å². The standard InChI is InChI=1S/C23H22FN5O2/c24-19-8-4-7-18(15-19)23(31)25-16-21-27-26-20-11-12-28(13-14-29(20)21)22(30)10-9-17-5-2-1-3-6-17/h1-10,15H,11-14,16H2,(H,25,31)/b10-9+. The number of aromatic nitrogens is 3. The van der Waals surface area contributed by atoms with Crippen molar-refractivity contribution in [2.24, 2.45) is 0 Å². The quantitative estimate of drug-likeness (QED) is 0.645. The van der Waals surface area contributed by atoms with Crippen molar-refractivity contribution in [1.82, 2.24) is 25.0 Å². The van der Waals surface area contributed by atoms with Gasteiger partial charge in [-0.25, -0.2) is 4.39 Å². The van der Waals surface area contributed by atoms with Gasteiger partial charge in [0.2, 0.25) is 5.91 Å². The van der Waals surface area contributed by atoms with Crippen LogP contribution in [0.2, 0.25) is 0 Å². The second-order valence-corrected chi connectivity index (χ2v) is 7.20. The fourth-order valence-corrected chi connectivity index (χ4v) is 3.46. The van der Waals surface area contributed by atoms with Crippen molar-refractivity contribution < 1.29 is 14.0 Å². The maximum absolute atomic E-state index is 13.3. The predicted molar refractivity (Wildman–Crippen MR) is 113 cm³/mol. The lowest BCUT2D eigenvalue weighted by atomic mass is 10.2. The van der Waals surface area contributed by atoms with Crippen LogP contribution in [0, 0.1) is 5.82 Å². The van der Waals surface area contributed by atoms with Crippen molar-refractivity contribution >= 4 is 17.9 Å². The molecule has 2 aromatic carbocycles. The van der Waals surface area contributed by atoms with Crippen LogP contribution in [0.15, 0.2) is 60.7 Å².